The lowest BCUT2D eigenvalue weighted by Crippen LogP contribution is -2.37. The Kier molecular flexibility index (Phi) is 5.46. The fourth-order valence-electron chi connectivity index (χ4n) is 0.965. The number of hydrogen-bond acceptors (Lipinski definition) is 3. The summed E-state index contributed by atoms with van der Waals surface area (Å²) in [6.45, 7) is 5.27. The molecule has 0 saturated heterocycles. The molecule has 1 unspecified atom stereocenters. The molecule has 2 atom stereocenters. The molecule has 0 fully saturated rings. The van der Waals surface area contributed by atoms with E-state index in [0.717, 1.165) is 0 Å². The number of nitrogens with zero attached hydrogens (tertiary/aromatic N) is 1. The van der Waals surface area contributed by atoms with Gasteiger partial charge in [0, 0.05) is 19.7 Å². The Labute approximate surface area is 69.0 Å². The van der Waals surface area contributed by atoms with Gasteiger partial charge < -0.3 is 9.84 Å². The number of likely N-dealkylation sites (N-methyl/N-ethyl adjacent to an activating group) is 1. The van der Waals surface area contributed by atoms with Crippen molar-refractivity contribution < 1.29 is 9.84 Å². The summed E-state index contributed by atoms with van der Waals surface area (Å²) in [6, 6.07) is 0.370. The van der Waals surface area contributed by atoms with E-state index < -0.39 is 0 Å². The highest BCUT2D eigenvalue weighted by Crippen LogP contribution is 1.96. The normalized spacial score (nSPS) is 16.9. The SMILES string of the molecule is COCC(C)N(C)C[C@@H](C)O. The monoisotopic (exact) mass is 161 g/mol. The molecule has 0 aromatic carbocycles. The summed E-state index contributed by atoms with van der Waals surface area (Å²) in [6.07, 6.45) is -0.265. The molecule has 0 heterocycles. The first kappa shape index (κ1) is 10.9. The number of hydrogen-bond donors (Lipinski definition) is 1. The highest BCUT2D eigenvalue weighted by molar-refractivity contribution is 4.64. The second kappa shape index (κ2) is 5.52. The topological polar surface area (TPSA) is 32.7 Å². The van der Waals surface area contributed by atoms with Gasteiger partial charge in [0.25, 0.3) is 0 Å². The molecule has 0 rings (SSSR count). The Balaban J connectivity index is 3.54. The molecule has 1 N–H and O–H groups in total. The van der Waals surface area contributed by atoms with Gasteiger partial charge in [-0.3, -0.25) is 4.90 Å². The molecule has 11 heavy (non-hydrogen) atoms. The molecule has 0 aromatic rings. The molecule has 0 aliphatic heterocycles. The van der Waals surface area contributed by atoms with Crippen LogP contribution in [0.25, 0.3) is 0 Å². The number of ether oxygens (including phenoxy) is 1. The molecule has 68 valence electrons. The number of methoxy groups -OCH3 is 1. The summed E-state index contributed by atoms with van der Waals surface area (Å²) < 4.78 is 4.98. The molecule has 0 aliphatic rings. The van der Waals surface area contributed by atoms with Crippen molar-refractivity contribution in [2.24, 2.45) is 0 Å². The maximum absolute atomic E-state index is 9.06. The summed E-state index contributed by atoms with van der Waals surface area (Å²) in [4.78, 5) is 2.08. The fraction of sp³-hybridized carbons (Fsp3) is 1.00. The number of rotatable bonds is 5. The largest absolute Gasteiger partial charge is 0.392 e. The summed E-state index contributed by atoms with van der Waals surface area (Å²) in [5.74, 6) is 0. The minimum absolute atomic E-state index is 0.265. The van der Waals surface area contributed by atoms with Crippen LogP contribution in [-0.2, 0) is 4.74 Å². The van der Waals surface area contributed by atoms with Crippen molar-refractivity contribution in [2.45, 2.75) is 26.0 Å². The van der Waals surface area contributed by atoms with Crippen molar-refractivity contribution in [1.29, 1.82) is 0 Å². The van der Waals surface area contributed by atoms with Crippen LogP contribution in [0.5, 0.6) is 0 Å². The Bertz CT molecular complexity index is 96.1. The smallest absolute Gasteiger partial charge is 0.0639 e. The average molecular weight is 161 g/mol. The van der Waals surface area contributed by atoms with Crippen LogP contribution >= 0.6 is 0 Å². The standard InChI is InChI=1S/C8H19NO2/c1-7(6-11-4)9(3)5-8(2)10/h7-8,10H,5-6H2,1-4H3/t7?,8-/m1/s1. The first-order valence-electron chi connectivity index (χ1n) is 3.95. The Morgan fingerprint density at radius 3 is 2.36 bits per heavy atom. The summed E-state index contributed by atoms with van der Waals surface area (Å²) >= 11 is 0. The number of aliphatic hydroxyl groups is 1. The van der Waals surface area contributed by atoms with Crippen molar-refractivity contribution in [2.75, 3.05) is 27.3 Å². The van der Waals surface area contributed by atoms with Crippen LogP contribution in [0, 0.1) is 0 Å². The fourth-order valence-corrected chi connectivity index (χ4v) is 0.965. The Hall–Kier alpha value is -0.120. The van der Waals surface area contributed by atoms with Crippen molar-refractivity contribution in [3.05, 3.63) is 0 Å². The molecule has 3 heteroatoms. The highest BCUT2D eigenvalue weighted by Gasteiger charge is 2.09. The Morgan fingerprint density at radius 1 is 1.45 bits per heavy atom. The molecule has 0 saturated carbocycles. The lowest BCUT2D eigenvalue weighted by Gasteiger charge is -2.24. The van der Waals surface area contributed by atoms with Gasteiger partial charge in [-0.25, -0.2) is 0 Å². The Morgan fingerprint density at radius 2 is 2.00 bits per heavy atom. The van der Waals surface area contributed by atoms with Crippen molar-refractivity contribution >= 4 is 0 Å². The predicted molar refractivity (Wildman–Crippen MR) is 45.6 cm³/mol. The maximum atomic E-state index is 9.06. The molecule has 0 aromatic heterocycles. The highest BCUT2D eigenvalue weighted by atomic mass is 16.5. The minimum Gasteiger partial charge on any atom is -0.392 e. The van der Waals surface area contributed by atoms with Gasteiger partial charge in [-0.15, -0.1) is 0 Å². The van der Waals surface area contributed by atoms with E-state index >= 15 is 0 Å². The quantitative estimate of drug-likeness (QED) is 0.631. The van der Waals surface area contributed by atoms with E-state index in [-0.39, 0.29) is 6.10 Å². The third kappa shape index (κ3) is 5.18. The second-order valence-corrected chi connectivity index (χ2v) is 3.09. The summed E-state index contributed by atoms with van der Waals surface area (Å²) in [7, 11) is 3.67. The average Bonchev–Trinajstić information content (AvgIpc) is 1.86. The molecule has 0 aliphatic carbocycles. The molecule has 0 bridgehead atoms. The first-order chi connectivity index (χ1) is 5.07. The zero-order chi connectivity index (χ0) is 8.85. The lowest BCUT2D eigenvalue weighted by atomic mass is 10.3. The van der Waals surface area contributed by atoms with Gasteiger partial charge in [0.2, 0.25) is 0 Å². The summed E-state index contributed by atoms with van der Waals surface area (Å²) in [5.41, 5.74) is 0. The van der Waals surface area contributed by atoms with Gasteiger partial charge in [-0.2, -0.15) is 0 Å². The molecular weight excluding hydrogens is 142 g/mol. The molecule has 0 spiro atoms. The van der Waals surface area contributed by atoms with E-state index in [2.05, 4.69) is 11.8 Å². The van der Waals surface area contributed by atoms with Gasteiger partial charge >= 0.3 is 0 Å². The van der Waals surface area contributed by atoms with E-state index in [4.69, 9.17) is 9.84 Å². The van der Waals surface area contributed by atoms with Crippen LogP contribution in [0.1, 0.15) is 13.8 Å². The lowest BCUT2D eigenvalue weighted by molar-refractivity contribution is 0.0780. The van der Waals surface area contributed by atoms with E-state index in [0.29, 0.717) is 19.2 Å². The van der Waals surface area contributed by atoms with Gasteiger partial charge in [-0.05, 0) is 20.9 Å². The van der Waals surface area contributed by atoms with Gasteiger partial charge in [0.05, 0.1) is 12.7 Å². The predicted octanol–water partition coefficient (Wildman–Crippen LogP) is 0.334. The van der Waals surface area contributed by atoms with Crippen LogP contribution in [-0.4, -0.2) is 49.5 Å². The molecule has 0 amide bonds. The third-order valence-electron chi connectivity index (χ3n) is 1.71. The van der Waals surface area contributed by atoms with E-state index in [1.807, 2.05) is 7.05 Å². The molecular formula is C8H19NO2. The second-order valence-electron chi connectivity index (χ2n) is 3.09. The van der Waals surface area contributed by atoms with Crippen LogP contribution in [0.3, 0.4) is 0 Å². The zero-order valence-corrected chi connectivity index (χ0v) is 7.87. The van der Waals surface area contributed by atoms with Gasteiger partial charge in [0.15, 0.2) is 0 Å². The van der Waals surface area contributed by atoms with E-state index in [9.17, 15) is 0 Å². The van der Waals surface area contributed by atoms with Crippen LogP contribution in [0.2, 0.25) is 0 Å². The van der Waals surface area contributed by atoms with Crippen LogP contribution in [0.15, 0.2) is 0 Å². The van der Waals surface area contributed by atoms with Crippen molar-refractivity contribution in [3.63, 3.8) is 0 Å². The molecule has 0 radical (unpaired) electrons. The van der Waals surface area contributed by atoms with Crippen LogP contribution in [0.4, 0.5) is 0 Å². The third-order valence-corrected chi connectivity index (χ3v) is 1.71. The summed E-state index contributed by atoms with van der Waals surface area (Å²) in [5, 5.41) is 9.06. The zero-order valence-electron chi connectivity index (χ0n) is 7.87. The van der Waals surface area contributed by atoms with Crippen LogP contribution < -0.4 is 0 Å². The van der Waals surface area contributed by atoms with Crippen molar-refractivity contribution in [1.82, 2.24) is 4.90 Å². The van der Waals surface area contributed by atoms with E-state index in [1.165, 1.54) is 0 Å². The van der Waals surface area contributed by atoms with E-state index in [1.54, 1.807) is 14.0 Å². The number of aliphatic hydroxyl groups excluding tert-OH is 1. The van der Waals surface area contributed by atoms with Gasteiger partial charge in [-0.1, -0.05) is 0 Å². The minimum atomic E-state index is -0.265. The first-order valence-corrected chi connectivity index (χ1v) is 3.95. The maximum Gasteiger partial charge on any atom is 0.0639 e. The molecule has 3 nitrogen and oxygen atoms in total. The van der Waals surface area contributed by atoms with Crippen molar-refractivity contribution in [3.8, 4) is 0 Å². The van der Waals surface area contributed by atoms with Gasteiger partial charge in [0.1, 0.15) is 0 Å².